The van der Waals surface area contributed by atoms with Gasteiger partial charge in [-0.3, -0.25) is 4.79 Å². The highest BCUT2D eigenvalue weighted by Gasteiger charge is 2.31. The van der Waals surface area contributed by atoms with E-state index in [-0.39, 0.29) is 5.56 Å². The number of carbonyl (C=O) groups is 1. The first-order valence-electron chi connectivity index (χ1n) is 7.98. The Morgan fingerprint density at radius 3 is 2.48 bits per heavy atom. The highest BCUT2D eigenvalue weighted by Crippen LogP contribution is 2.31. The van der Waals surface area contributed by atoms with E-state index < -0.39 is 35.1 Å². The van der Waals surface area contributed by atoms with E-state index in [1.807, 2.05) is 25.1 Å². The molecule has 0 fully saturated rings. The SMILES string of the molecule is Cc1ccccc1[C@H](C)NC(=O)/C(C#N)=C/c1cc(F)cc(C(F)(F)F)c1. The van der Waals surface area contributed by atoms with Crippen LogP contribution in [0.1, 0.15) is 35.2 Å². The highest BCUT2D eigenvalue weighted by atomic mass is 19.4. The van der Waals surface area contributed by atoms with Gasteiger partial charge < -0.3 is 5.32 Å². The summed E-state index contributed by atoms with van der Waals surface area (Å²) in [7, 11) is 0. The Bertz CT molecular complexity index is 926. The monoisotopic (exact) mass is 376 g/mol. The molecule has 0 aliphatic rings. The molecule has 0 saturated carbocycles. The van der Waals surface area contributed by atoms with E-state index in [0.717, 1.165) is 23.3 Å². The molecule has 0 spiro atoms. The van der Waals surface area contributed by atoms with Crippen LogP contribution in [0.25, 0.3) is 6.08 Å². The maximum atomic E-state index is 13.5. The minimum absolute atomic E-state index is 0.224. The molecule has 3 nitrogen and oxygen atoms in total. The molecule has 0 heterocycles. The van der Waals surface area contributed by atoms with Gasteiger partial charge in [-0.1, -0.05) is 24.3 Å². The van der Waals surface area contributed by atoms with Gasteiger partial charge in [-0.25, -0.2) is 4.39 Å². The Kier molecular flexibility index (Phi) is 6.01. The Labute approximate surface area is 153 Å². The quantitative estimate of drug-likeness (QED) is 0.467. The van der Waals surface area contributed by atoms with Gasteiger partial charge in [0.1, 0.15) is 17.5 Å². The predicted molar refractivity (Wildman–Crippen MR) is 92.7 cm³/mol. The third-order valence-corrected chi connectivity index (χ3v) is 3.93. The number of carbonyl (C=O) groups excluding carboxylic acids is 1. The van der Waals surface area contributed by atoms with E-state index in [4.69, 9.17) is 0 Å². The fraction of sp³-hybridized carbons (Fsp3) is 0.200. The molecule has 1 N–H and O–H groups in total. The molecule has 0 unspecified atom stereocenters. The number of amides is 1. The van der Waals surface area contributed by atoms with Crippen molar-refractivity contribution in [3.8, 4) is 6.07 Å². The first-order chi connectivity index (χ1) is 12.6. The second-order valence-electron chi connectivity index (χ2n) is 5.99. The van der Waals surface area contributed by atoms with Crippen LogP contribution in [0.4, 0.5) is 17.6 Å². The summed E-state index contributed by atoms with van der Waals surface area (Å²) >= 11 is 0. The summed E-state index contributed by atoms with van der Waals surface area (Å²) in [6.07, 6.45) is -3.81. The van der Waals surface area contributed by atoms with Crippen molar-refractivity contribution in [2.75, 3.05) is 0 Å². The number of nitrogens with one attached hydrogen (secondary N) is 1. The van der Waals surface area contributed by atoms with Gasteiger partial charge in [-0.05, 0) is 54.8 Å². The summed E-state index contributed by atoms with van der Waals surface area (Å²) in [4.78, 5) is 12.3. The molecule has 1 atom stereocenters. The van der Waals surface area contributed by atoms with E-state index in [2.05, 4.69) is 5.32 Å². The summed E-state index contributed by atoms with van der Waals surface area (Å²) in [5, 5.41) is 11.8. The number of rotatable bonds is 4. The molecule has 0 saturated heterocycles. The summed E-state index contributed by atoms with van der Waals surface area (Å²) in [5.41, 5.74) is -0.0626. The van der Waals surface area contributed by atoms with Crippen molar-refractivity contribution in [1.82, 2.24) is 5.32 Å². The van der Waals surface area contributed by atoms with Crippen LogP contribution in [-0.4, -0.2) is 5.91 Å². The Morgan fingerprint density at radius 1 is 1.22 bits per heavy atom. The smallest absolute Gasteiger partial charge is 0.345 e. The summed E-state index contributed by atoms with van der Waals surface area (Å²) < 4.78 is 51.9. The van der Waals surface area contributed by atoms with Gasteiger partial charge in [-0.2, -0.15) is 18.4 Å². The van der Waals surface area contributed by atoms with Gasteiger partial charge in [0.2, 0.25) is 0 Å². The van der Waals surface area contributed by atoms with Crippen LogP contribution < -0.4 is 5.32 Å². The molecule has 1 amide bonds. The number of hydrogen-bond donors (Lipinski definition) is 1. The molecule has 2 aromatic carbocycles. The molecule has 0 radical (unpaired) electrons. The molecule has 7 heteroatoms. The molecule has 2 aromatic rings. The van der Waals surface area contributed by atoms with Crippen LogP contribution in [0.3, 0.4) is 0 Å². The third-order valence-electron chi connectivity index (χ3n) is 3.93. The van der Waals surface area contributed by atoms with E-state index in [1.165, 1.54) is 0 Å². The van der Waals surface area contributed by atoms with Gasteiger partial charge in [-0.15, -0.1) is 0 Å². The Morgan fingerprint density at radius 2 is 1.89 bits per heavy atom. The number of alkyl halides is 3. The maximum Gasteiger partial charge on any atom is 0.416 e. The summed E-state index contributed by atoms with van der Waals surface area (Å²) in [6, 6.07) is 10.4. The zero-order chi connectivity index (χ0) is 20.2. The maximum absolute atomic E-state index is 13.5. The van der Waals surface area contributed by atoms with Gasteiger partial charge in [0.25, 0.3) is 5.91 Å². The van der Waals surface area contributed by atoms with Gasteiger partial charge >= 0.3 is 6.18 Å². The normalized spacial score (nSPS) is 13.0. The van der Waals surface area contributed by atoms with Crippen LogP contribution in [0.2, 0.25) is 0 Å². The van der Waals surface area contributed by atoms with Gasteiger partial charge in [0, 0.05) is 0 Å². The van der Waals surface area contributed by atoms with Crippen molar-refractivity contribution < 1.29 is 22.4 Å². The lowest BCUT2D eigenvalue weighted by Gasteiger charge is -2.16. The molecular weight excluding hydrogens is 360 g/mol. The van der Waals surface area contributed by atoms with Crippen LogP contribution in [0.5, 0.6) is 0 Å². The summed E-state index contributed by atoms with van der Waals surface area (Å²) in [5.74, 6) is -1.87. The lowest BCUT2D eigenvalue weighted by molar-refractivity contribution is -0.137. The van der Waals surface area contributed by atoms with E-state index >= 15 is 0 Å². The summed E-state index contributed by atoms with van der Waals surface area (Å²) in [6.45, 7) is 3.59. The molecule has 0 bridgehead atoms. The Hall–Kier alpha value is -3.14. The van der Waals surface area contributed by atoms with Crippen molar-refractivity contribution in [2.24, 2.45) is 0 Å². The molecule has 27 heavy (non-hydrogen) atoms. The topological polar surface area (TPSA) is 52.9 Å². The number of nitrogens with zero attached hydrogens (tertiary/aromatic N) is 1. The van der Waals surface area contributed by atoms with Crippen molar-refractivity contribution in [3.63, 3.8) is 0 Å². The van der Waals surface area contributed by atoms with Crippen molar-refractivity contribution >= 4 is 12.0 Å². The van der Waals surface area contributed by atoms with Gasteiger partial charge in [0.15, 0.2) is 0 Å². The van der Waals surface area contributed by atoms with E-state index in [9.17, 15) is 27.6 Å². The second kappa shape index (κ2) is 8.04. The zero-order valence-corrected chi connectivity index (χ0v) is 14.6. The minimum Gasteiger partial charge on any atom is -0.345 e. The first-order valence-corrected chi connectivity index (χ1v) is 7.98. The van der Waals surface area contributed by atoms with Crippen molar-refractivity contribution in [1.29, 1.82) is 5.26 Å². The first kappa shape index (κ1) is 20.2. The number of benzene rings is 2. The third kappa shape index (κ3) is 5.17. The number of nitriles is 1. The lowest BCUT2D eigenvalue weighted by Crippen LogP contribution is -2.28. The minimum atomic E-state index is -4.74. The molecule has 0 aromatic heterocycles. The Balaban J connectivity index is 2.28. The highest BCUT2D eigenvalue weighted by molar-refractivity contribution is 6.01. The molecular formula is C20H16F4N2O. The molecule has 2 rings (SSSR count). The largest absolute Gasteiger partial charge is 0.416 e. The molecule has 0 aliphatic heterocycles. The molecule has 0 aliphatic carbocycles. The lowest BCUT2D eigenvalue weighted by atomic mass is 10.0. The van der Waals surface area contributed by atoms with Crippen molar-refractivity contribution in [3.05, 3.63) is 76.1 Å². The standard InChI is InChI=1S/C20H16F4N2O/c1-12-5-3-4-6-18(12)13(2)26-19(27)15(11-25)7-14-8-16(20(22,23)24)10-17(21)9-14/h3-10,13H,1-2H3,(H,26,27)/b15-7+/t13-/m0/s1. The fourth-order valence-electron chi connectivity index (χ4n) is 2.60. The number of hydrogen-bond acceptors (Lipinski definition) is 2. The molecule has 140 valence electrons. The second-order valence-corrected chi connectivity index (χ2v) is 5.99. The fourth-order valence-corrected chi connectivity index (χ4v) is 2.60. The van der Waals surface area contributed by atoms with Crippen LogP contribution in [-0.2, 0) is 11.0 Å². The zero-order valence-electron chi connectivity index (χ0n) is 14.6. The van der Waals surface area contributed by atoms with Crippen LogP contribution in [0.15, 0.2) is 48.0 Å². The van der Waals surface area contributed by atoms with Crippen LogP contribution >= 0.6 is 0 Å². The number of halogens is 4. The van der Waals surface area contributed by atoms with Crippen LogP contribution in [0, 0.1) is 24.1 Å². The average molecular weight is 376 g/mol. The van der Waals surface area contributed by atoms with Crippen molar-refractivity contribution in [2.45, 2.75) is 26.1 Å². The predicted octanol–water partition coefficient (Wildman–Crippen LogP) is 4.94. The van der Waals surface area contributed by atoms with E-state index in [0.29, 0.717) is 12.1 Å². The van der Waals surface area contributed by atoms with Gasteiger partial charge in [0.05, 0.1) is 11.6 Å². The average Bonchev–Trinajstić information content (AvgIpc) is 2.58. The number of aryl methyl sites for hydroxylation is 1. The van der Waals surface area contributed by atoms with E-state index in [1.54, 1.807) is 19.1 Å².